The lowest BCUT2D eigenvalue weighted by Gasteiger charge is -2.10. The summed E-state index contributed by atoms with van der Waals surface area (Å²) in [6.07, 6.45) is 0. The molecule has 0 fully saturated rings. The number of amides is 1. The van der Waals surface area contributed by atoms with Gasteiger partial charge in [0.05, 0.1) is 16.8 Å². The zero-order valence-corrected chi connectivity index (χ0v) is 12.7. The second-order valence-electron chi connectivity index (χ2n) is 4.46. The van der Waals surface area contributed by atoms with Crippen LogP contribution in [0.3, 0.4) is 0 Å². The Morgan fingerprint density at radius 2 is 2.10 bits per heavy atom. The summed E-state index contributed by atoms with van der Waals surface area (Å²) in [7, 11) is 0. The van der Waals surface area contributed by atoms with Crippen LogP contribution >= 0.6 is 15.9 Å². The van der Waals surface area contributed by atoms with E-state index in [9.17, 15) is 9.18 Å². The van der Waals surface area contributed by atoms with Gasteiger partial charge in [-0.15, -0.1) is 0 Å². The molecule has 3 N–H and O–H groups in total. The van der Waals surface area contributed by atoms with Gasteiger partial charge in [0.15, 0.2) is 0 Å². The second kappa shape index (κ2) is 5.94. The highest BCUT2D eigenvalue weighted by Gasteiger charge is 2.16. The van der Waals surface area contributed by atoms with Gasteiger partial charge in [0, 0.05) is 10.2 Å². The third kappa shape index (κ3) is 3.20. The molecule has 2 rings (SSSR count). The van der Waals surface area contributed by atoms with Gasteiger partial charge < -0.3 is 11.1 Å². The minimum absolute atomic E-state index is 0.156. The molecular weight excluding hydrogens is 337 g/mol. The molecule has 0 spiro atoms. The molecule has 21 heavy (non-hydrogen) atoms. The second-order valence-corrected chi connectivity index (χ2v) is 5.37. The first-order chi connectivity index (χ1) is 9.92. The predicted octanol–water partition coefficient (Wildman–Crippen LogP) is 3.60. The molecule has 0 bridgehead atoms. The molecule has 2 aromatic rings. The van der Waals surface area contributed by atoms with Gasteiger partial charge in [-0.2, -0.15) is 5.26 Å². The lowest BCUT2D eigenvalue weighted by atomic mass is 10.1. The van der Waals surface area contributed by atoms with Crippen LogP contribution in [0.15, 0.2) is 34.8 Å². The van der Waals surface area contributed by atoms with Crippen molar-refractivity contribution in [2.75, 3.05) is 11.1 Å². The van der Waals surface area contributed by atoms with Crippen molar-refractivity contribution < 1.29 is 9.18 Å². The normalized spacial score (nSPS) is 10.0. The number of carbonyl (C=O) groups is 1. The largest absolute Gasteiger partial charge is 0.399 e. The van der Waals surface area contributed by atoms with Crippen LogP contribution in [-0.2, 0) is 0 Å². The number of anilines is 2. The highest BCUT2D eigenvalue weighted by atomic mass is 79.9. The Morgan fingerprint density at radius 3 is 2.76 bits per heavy atom. The minimum Gasteiger partial charge on any atom is -0.399 e. The van der Waals surface area contributed by atoms with Crippen molar-refractivity contribution in [3.05, 3.63) is 57.3 Å². The molecule has 106 valence electrons. The molecule has 6 heteroatoms. The van der Waals surface area contributed by atoms with Gasteiger partial charge in [-0.3, -0.25) is 4.79 Å². The predicted molar refractivity (Wildman–Crippen MR) is 82.4 cm³/mol. The summed E-state index contributed by atoms with van der Waals surface area (Å²) in [6.45, 7) is 1.53. The first kappa shape index (κ1) is 15.0. The number of aryl methyl sites for hydroxylation is 1. The highest BCUT2D eigenvalue weighted by Crippen LogP contribution is 2.23. The zero-order valence-electron chi connectivity index (χ0n) is 11.1. The quantitative estimate of drug-likeness (QED) is 0.814. The average molecular weight is 348 g/mol. The molecule has 4 nitrogen and oxygen atoms in total. The molecule has 0 aliphatic rings. The van der Waals surface area contributed by atoms with E-state index in [1.54, 1.807) is 18.2 Å². The lowest BCUT2D eigenvalue weighted by Crippen LogP contribution is -2.15. The van der Waals surface area contributed by atoms with E-state index in [1.807, 2.05) is 6.07 Å². The molecule has 2 aromatic carbocycles. The van der Waals surface area contributed by atoms with Gasteiger partial charge in [0.25, 0.3) is 5.91 Å². The molecule has 1 amide bonds. The van der Waals surface area contributed by atoms with Crippen LogP contribution in [0.25, 0.3) is 0 Å². The Bertz CT molecular complexity index is 768. The number of carbonyl (C=O) groups excluding carboxylic acids is 1. The van der Waals surface area contributed by atoms with Gasteiger partial charge in [-0.05, 0) is 42.8 Å². The van der Waals surface area contributed by atoms with E-state index < -0.39 is 11.7 Å². The molecule has 0 saturated heterocycles. The number of hydrogen-bond acceptors (Lipinski definition) is 3. The minimum atomic E-state index is -0.655. The monoisotopic (exact) mass is 347 g/mol. The van der Waals surface area contributed by atoms with Gasteiger partial charge in [0.2, 0.25) is 0 Å². The molecule has 0 radical (unpaired) electrons. The van der Waals surface area contributed by atoms with Gasteiger partial charge in [0.1, 0.15) is 11.9 Å². The number of nitrogen functional groups attached to an aromatic ring is 1. The summed E-state index contributed by atoms with van der Waals surface area (Å²) in [5.74, 6) is -1.28. The number of nitrogens with zero attached hydrogens (tertiary/aromatic N) is 1. The summed E-state index contributed by atoms with van der Waals surface area (Å²) in [6, 6.07) is 9.49. The Hall–Kier alpha value is -2.39. The maximum absolute atomic E-state index is 14.0. The Balaban J connectivity index is 2.40. The molecule has 0 aliphatic heterocycles. The molecule has 0 unspecified atom stereocenters. The van der Waals surface area contributed by atoms with E-state index >= 15 is 0 Å². The Kier molecular flexibility index (Phi) is 4.24. The SMILES string of the molecule is Cc1cc(N)cc(C(=O)Nc2cc(Br)ccc2C#N)c1F. The van der Waals surface area contributed by atoms with Crippen LogP contribution in [0, 0.1) is 24.1 Å². The van der Waals surface area contributed by atoms with Crippen molar-refractivity contribution in [2.45, 2.75) is 6.92 Å². The summed E-state index contributed by atoms with van der Waals surface area (Å²) < 4.78 is 14.7. The number of nitrogens with two attached hydrogens (primary N) is 1. The molecule has 0 heterocycles. The Labute approximate surface area is 129 Å². The Morgan fingerprint density at radius 1 is 1.38 bits per heavy atom. The van der Waals surface area contributed by atoms with E-state index in [0.29, 0.717) is 15.8 Å². The average Bonchev–Trinajstić information content (AvgIpc) is 2.43. The number of halogens is 2. The fraction of sp³-hybridized carbons (Fsp3) is 0.0667. The van der Waals surface area contributed by atoms with Crippen LogP contribution < -0.4 is 11.1 Å². The summed E-state index contributed by atoms with van der Waals surface area (Å²) >= 11 is 3.25. The highest BCUT2D eigenvalue weighted by molar-refractivity contribution is 9.10. The molecule has 0 aliphatic carbocycles. The van der Waals surface area contributed by atoms with E-state index in [0.717, 1.165) is 0 Å². The van der Waals surface area contributed by atoms with Crippen molar-refractivity contribution in [3.8, 4) is 6.07 Å². The van der Waals surface area contributed by atoms with Crippen LogP contribution in [0.2, 0.25) is 0 Å². The molecule has 0 saturated carbocycles. The van der Waals surface area contributed by atoms with Crippen LogP contribution in [0.5, 0.6) is 0 Å². The van der Waals surface area contributed by atoms with Crippen molar-refractivity contribution in [3.63, 3.8) is 0 Å². The third-order valence-electron chi connectivity index (χ3n) is 2.87. The number of benzene rings is 2. The molecule has 0 atom stereocenters. The summed E-state index contributed by atoms with van der Waals surface area (Å²) in [4.78, 5) is 12.2. The van der Waals surface area contributed by atoms with Crippen molar-refractivity contribution in [2.24, 2.45) is 0 Å². The first-order valence-electron chi connectivity index (χ1n) is 5.99. The van der Waals surface area contributed by atoms with E-state index in [2.05, 4.69) is 21.2 Å². The lowest BCUT2D eigenvalue weighted by molar-refractivity contribution is 0.102. The van der Waals surface area contributed by atoms with Gasteiger partial charge in [-0.25, -0.2) is 4.39 Å². The van der Waals surface area contributed by atoms with Gasteiger partial charge >= 0.3 is 0 Å². The number of nitrogens with one attached hydrogen (secondary N) is 1. The van der Waals surface area contributed by atoms with Crippen LogP contribution in [0.1, 0.15) is 21.5 Å². The van der Waals surface area contributed by atoms with Crippen molar-refractivity contribution in [1.82, 2.24) is 0 Å². The van der Waals surface area contributed by atoms with E-state index in [1.165, 1.54) is 19.1 Å². The van der Waals surface area contributed by atoms with Crippen molar-refractivity contribution in [1.29, 1.82) is 5.26 Å². The summed E-state index contributed by atoms with van der Waals surface area (Å²) in [5, 5.41) is 11.6. The van der Waals surface area contributed by atoms with Crippen LogP contribution in [-0.4, -0.2) is 5.91 Å². The number of hydrogen-bond donors (Lipinski definition) is 2. The maximum atomic E-state index is 14.0. The zero-order chi connectivity index (χ0) is 15.6. The summed E-state index contributed by atoms with van der Waals surface area (Å²) in [5.41, 5.74) is 6.65. The van der Waals surface area contributed by atoms with E-state index in [-0.39, 0.29) is 16.7 Å². The number of nitriles is 1. The van der Waals surface area contributed by atoms with E-state index in [4.69, 9.17) is 11.0 Å². The molecule has 0 aromatic heterocycles. The molecular formula is C15H11BrFN3O. The topological polar surface area (TPSA) is 78.9 Å². The maximum Gasteiger partial charge on any atom is 0.258 e. The van der Waals surface area contributed by atoms with Gasteiger partial charge in [-0.1, -0.05) is 15.9 Å². The van der Waals surface area contributed by atoms with Crippen molar-refractivity contribution >= 4 is 33.2 Å². The first-order valence-corrected chi connectivity index (χ1v) is 6.78. The fourth-order valence-corrected chi connectivity index (χ4v) is 2.23. The smallest absolute Gasteiger partial charge is 0.258 e. The van der Waals surface area contributed by atoms with Crippen LogP contribution in [0.4, 0.5) is 15.8 Å². The number of rotatable bonds is 2. The standard InChI is InChI=1S/C15H11BrFN3O/c1-8-4-11(19)6-12(14(8)17)15(21)20-13-5-10(16)3-2-9(13)7-18/h2-6H,19H2,1H3,(H,20,21). The fourth-order valence-electron chi connectivity index (χ4n) is 1.87. The third-order valence-corrected chi connectivity index (χ3v) is 3.37.